The molecule has 0 unspecified atom stereocenters. The van der Waals surface area contributed by atoms with Crippen molar-refractivity contribution in [2.45, 2.75) is 12.6 Å². The minimum absolute atomic E-state index is 0.0601. The van der Waals surface area contributed by atoms with E-state index in [9.17, 15) is 26.7 Å². The summed E-state index contributed by atoms with van der Waals surface area (Å²) in [6, 6.07) is 1.09. The zero-order chi connectivity index (χ0) is 12.5. The van der Waals surface area contributed by atoms with E-state index >= 15 is 0 Å². The maximum atomic E-state index is 12.3. The predicted octanol–water partition coefficient (Wildman–Crippen LogP) is 2.20. The molecule has 0 aromatic carbocycles. The van der Waals surface area contributed by atoms with Gasteiger partial charge in [0.15, 0.2) is 0 Å². The molecule has 0 bridgehead atoms. The molecule has 8 heteroatoms. The van der Waals surface area contributed by atoms with Gasteiger partial charge in [-0.3, -0.25) is 4.79 Å². The second kappa shape index (κ2) is 3.92. The fraction of sp³-hybridized carbons (Fsp3) is 0.250. The summed E-state index contributed by atoms with van der Waals surface area (Å²) in [7, 11) is 0. The Morgan fingerprint density at radius 1 is 1.38 bits per heavy atom. The molecule has 0 amide bonds. The predicted molar refractivity (Wildman–Crippen MR) is 41.7 cm³/mol. The maximum Gasteiger partial charge on any atom is 0.417 e. The van der Waals surface area contributed by atoms with Gasteiger partial charge in [-0.1, -0.05) is 0 Å². The fourth-order valence-corrected chi connectivity index (χ4v) is 1.03. The minimum atomic E-state index is -5.02. The number of H-pyrrole nitrogens is 1. The standard InChI is InChI=1S/C8H3F5N2O/c9-6(10)5-1-4(8(11,12)13)3(2-14)7(16)15-5/h1,6H,(H,15,16). The molecule has 0 spiro atoms. The van der Waals surface area contributed by atoms with Crippen LogP contribution in [0.15, 0.2) is 10.9 Å². The summed E-state index contributed by atoms with van der Waals surface area (Å²) in [5.74, 6) is 0. The van der Waals surface area contributed by atoms with E-state index in [2.05, 4.69) is 0 Å². The van der Waals surface area contributed by atoms with E-state index in [1.807, 2.05) is 0 Å². The third-order valence-electron chi connectivity index (χ3n) is 1.71. The molecule has 0 saturated carbocycles. The van der Waals surface area contributed by atoms with Crippen LogP contribution in [-0.4, -0.2) is 4.98 Å². The van der Waals surface area contributed by atoms with E-state index in [-0.39, 0.29) is 6.07 Å². The second-order valence-corrected chi connectivity index (χ2v) is 2.75. The Morgan fingerprint density at radius 2 is 1.94 bits per heavy atom. The van der Waals surface area contributed by atoms with Crippen molar-refractivity contribution >= 4 is 0 Å². The Bertz CT molecular complexity index is 497. The van der Waals surface area contributed by atoms with Crippen molar-refractivity contribution < 1.29 is 22.0 Å². The minimum Gasteiger partial charge on any atom is -0.320 e. The number of pyridine rings is 1. The highest BCUT2D eigenvalue weighted by atomic mass is 19.4. The first-order chi connectivity index (χ1) is 7.27. The van der Waals surface area contributed by atoms with Gasteiger partial charge in [-0.15, -0.1) is 0 Å². The van der Waals surface area contributed by atoms with Gasteiger partial charge in [-0.05, 0) is 6.07 Å². The summed E-state index contributed by atoms with van der Waals surface area (Å²) < 4.78 is 61.2. The van der Waals surface area contributed by atoms with E-state index in [0.29, 0.717) is 0 Å². The Balaban J connectivity index is 3.58. The Hall–Kier alpha value is -1.91. The lowest BCUT2D eigenvalue weighted by Crippen LogP contribution is -2.20. The summed E-state index contributed by atoms with van der Waals surface area (Å²) in [5, 5.41) is 8.33. The molecule has 1 heterocycles. The van der Waals surface area contributed by atoms with Crippen molar-refractivity contribution in [3.63, 3.8) is 0 Å². The van der Waals surface area contributed by atoms with Gasteiger partial charge in [0.1, 0.15) is 11.6 Å². The van der Waals surface area contributed by atoms with Crippen molar-refractivity contribution in [2.75, 3.05) is 0 Å². The Morgan fingerprint density at radius 3 is 2.31 bits per heavy atom. The van der Waals surface area contributed by atoms with Crippen molar-refractivity contribution in [2.24, 2.45) is 0 Å². The lowest BCUT2D eigenvalue weighted by Gasteiger charge is -2.09. The van der Waals surface area contributed by atoms with Crippen molar-refractivity contribution in [1.29, 1.82) is 5.26 Å². The molecule has 0 fully saturated rings. The van der Waals surface area contributed by atoms with Gasteiger partial charge in [0.2, 0.25) is 0 Å². The quantitative estimate of drug-likeness (QED) is 0.762. The Kier molecular flexibility index (Phi) is 2.98. The molecular formula is C8H3F5N2O. The van der Waals surface area contributed by atoms with Crippen LogP contribution in [0.1, 0.15) is 23.2 Å². The van der Waals surface area contributed by atoms with Gasteiger partial charge in [0.05, 0.1) is 11.3 Å². The molecule has 1 N–H and O–H groups in total. The average Bonchev–Trinajstić information content (AvgIpc) is 2.14. The summed E-state index contributed by atoms with van der Waals surface area (Å²) >= 11 is 0. The van der Waals surface area contributed by atoms with Crippen LogP contribution in [0.5, 0.6) is 0 Å². The van der Waals surface area contributed by atoms with Gasteiger partial charge >= 0.3 is 6.18 Å². The number of aromatic nitrogens is 1. The van der Waals surface area contributed by atoms with E-state index < -0.39 is 35.0 Å². The maximum absolute atomic E-state index is 12.3. The third kappa shape index (κ3) is 2.18. The molecule has 0 radical (unpaired) electrons. The van der Waals surface area contributed by atoms with Gasteiger partial charge in [0, 0.05) is 0 Å². The summed E-state index contributed by atoms with van der Waals surface area (Å²) in [5.41, 5.74) is -5.53. The van der Waals surface area contributed by atoms with Gasteiger partial charge in [-0.25, -0.2) is 8.78 Å². The summed E-state index contributed by atoms with van der Waals surface area (Å²) in [6.07, 6.45) is -8.27. The molecular weight excluding hydrogens is 235 g/mol. The number of aromatic amines is 1. The molecule has 0 atom stereocenters. The Labute approximate surface area is 85.1 Å². The van der Waals surface area contributed by atoms with Crippen LogP contribution in [0, 0.1) is 11.3 Å². The number of nitriles is 1. The monoisotopic (exact) mass is 238 g/mol. The van der Waals surface area contributed by atoms with Crippen LogP contribution in [0.4, 0.5) is 22.0 Å². The highest BCUT2D eigenvalue weighted by Crippen LogP contribution is 2.32. The first kappa shape index (κ1) is 12.2. The van der Waals surface area contributed by atoms with Gasteiger partial charge < -0.3 is 4.98 Å². The molecule has 1 aromatic rings. The van der Waals surface area contributed by atoms with E-state index in [1.54, 1.807) is 0 Å². The topological polar surface area (TPSA) is 56.6 Å². The molecule has 0 saturated heterocycles. The molecule has 0 aliphatic rings. The largest absolute Gasteiger partial charge is 0.417 e. The molecule has 1 rings (SSSR count). The van der Waals surface area contributed by atoms with Crippen LogP contribution in [0.2, 0.25) is 0 Å². The SMILES string of the molecule is N#Cc1c(C(F)(F)F)cc(C(F)F)[nH]c1=O. The zero-order valence-corrected chi connectivity index (χ0v) is 7.40. The molecule has 16 heavy (non-hydrogen) atoms. The summed E-state index contributed by atoms with van der Waals surface area (Å²) in [4.78, 5) is 12.4. The molecule has 0 aliphatic carbocycles. The fourth-order valence-electron chi connectivity index (χ4n) is 1.03. The van der Waals surface area contributed by atoms with Crippen molar-refractivity contribution in [1.82, 2.24) is 4.98 Å². The number of alkyl halides is 5. The van der Waals surface area contributed by atoms with Crippen LogP contribution < -0.4 is 5.56 Å². The number of rotatable bonds is 1. The smallest absolute Gasteiger partial charge is 0.320 e. The number of nitrogens with zero attached hydrogens (tertiary/aromatic N) is 1. The average molecular weight is 238 g/mol. The van der Waals surface area contributed by atoms with E-state index in [4.69, 9.17) is 5.26 Å². The molecule has 0 aliphatic heterocycles. The van der Waals surface area contributed by atoms with Crippen LogP contribution in [-0.2, 0) is 6.18 Å². The zero-order valence-electron chi connectivity index (χ0n) is 7.40. The van der Waals surface area contributed by atoms with Crippen LogP contribution in [0.3, 0.4) is 0 Å². The highest BCUT2D eigenvalue weighted by molar-refractivity contribution is 5.38. The molecule has 3 nitrogen and oxygen atoms in total. The lowest BCUT2D eigenvalue weighted by molar-refractivity contribution is -0.138. The number of halogens is 5. The first-order valence-corrected chi connectivity index (χ1v) is 3.80. The van der Waals surface area contributed by atoms with Crippen molar-refractivity contribution in [3.8, 4) is 6.07 Å². The number of nitrogens with one attached hydrogen (secondary N) is 1. The van der Waals surface area contributed by atoms with Crippen LogP contribution in [0.25, 0.3) is 0 Å². The van der Waals surface area contributed by atoms with Crippen molar-refractivity contribution in [3.05, 3.63) is 33.2 Å². The van der Waals surface area contributed by atoms with E-state index in [0.717, 1.165) is 6.07 Å². The lowest BCUT2D eigenvalue weighted by atomic mass is 10.1. The molecule has 86 valence electrons. The normalized spacial score (nSPS) is 11.6. The van der Waals surface area contributed by atoms with Gasteiger partial charge in [-0.2, -0.15) is 18.4 Å². The number of hydrogen-bond donors (Lipinski definition) is 1. The second-order valence-electron chi connectivity index (χ2n) is 2.75. The van der Waals surface area contributed by atoms with E-state index in [1.165, 1.54) is 4.98 Å². The number of hydrogen-bond acceptors (Lipinski definition) is 2. The third-order valence-corrected chi connectivity index (χ3v) is 1.71. The van der Waals surface area contributed by atoms with Gasteiger partial charge in [0.25, 0.3) is 12.0 Å². The summed E-state index contributed by atoms with van der Waals surface area (Å²) in [6.45, 7) is 0. The molecule has 1 aromatic heterocycles. The first-order valence-electron chi connectivity index (χ1n) is 3.80. The van der Waals surface area contributed by atoms with Crippen LogP contribution >= 0.6 is 0 Å². The highest BCUT2D eigenvalue weighted by Gasteiger charge is 2.36.